The van der Waals surface area contributed by atoms with Crippen LogP contribution in [0.2, 0.25) is 0 Å². The molecule has 2 aromatic heterocycles. The monoisotopic (exact) mass is 449 g/mol. The molecule has 0 N–H and O–H groups in total. The highest BCUT2D eigenvalue weighted by Gasteiger charge is 2.30. The summed E-state index contributed by atoms with van der Waals surface area (Å²) in [5.74, 6) is 2.48. The van der Waals surface area contributed by atoms with Crippen molar-refractivity contribution in [2.75, 3.05) is 45.2 Å². The number of thiophene rings is 1. The van der Waals surface area contributed by atoms with Gasteiger partial charge in [0.25, 0.3) is 0 Å². The van der Waals surface area contributed by atoms with E-state index in [9.17, 15) is 4.79 Å². The van der Waals surface area contributed by atoms with Crippen LogP contribution in [0.4, 0.5) is 5.82 Å². The highest BCUT2D eigenvalue weighted by Crippen LogP contribution is 2.39. The second-order valence-electron chi connectivity index (χ2n) is 9.19. The zero-order valence-corrected chi connectivity index (χ0v) is 19.8. The molecule has 3 heterocycles. The minimum atomic E-state index is 0.251. The van der Waals surface area contributed by atoms with Crippen LogP contribution in [0.1, 0.15) is 31.5 Å². The van der Waals surface area contributed by atoms with Gasteiger partial charge >= 0.3 is 0 Å². The molecule has 0 radical (unpaired) electrons. The Labute approximate surface area is 193 Å². The first-order chi connectivity index (χ1) is 15.6. The van der Waals surface area contributed by atoms with Crippen LogP contribution in [0, 0.1) is 5.92 Å². The van der Waals surface area contributed by atoms with Gasteiger partial charge in [0.05, 0.1) is 11.9 Å². The van der Waals surface area contributed by atoms with Crippen LogP contribution < -0.4 is 4.90 Å². The second-order valence-corrected chi connectivity index (χ2v) is 10.0. The molecule has 168 valence electrons. The standard InChI is InChI=1S/C25H31N5OS/c1-28(2)16-21-26-23(22-20(17-32-24(22)27-21)18-8-4-3-5-9-18)29-12-14-30(15-13-29)25(31)19-10-6-7-11-19/h3-5,8-9,17,19H,6-7,10-16H2,1-2H3. The van der Waals surface area contributed by atoms with Crippen molar-refractivity contribution in [2.45, 2.75) is 32.2 Å². The van der Waals surface area contributed by atoms with E-state index in [0.717, 1.165) is 60.9 Å². The molecule has 7 heteroatoms. The smallest absolute Gasteiger partial charge is 0.225 e. The molecular weight excluding hydrogens is 418 g/mol. The van der Waals surface area contributed by atoms with Crippen LogP contribution in [-0.4, -0.2) is 65.9 Å². The predicted octanol–water partition coefficient (Wildman–Crippen LogP) is 4.26. The Hall–Kier alpha value is -2.51. The number of amides is 1. The second kappa shape index (κ2) is 9.16. The first-order valence-electron chi connectivity index (χ1n) is 11.6. The molecule has 1 amide bonds. The summed E-state index contributed by atoms with van der Waals surface area (Å²) in [5.41, 5.74) is 2.39. The highest BCUT2D eigenvalue weighted by atomic mass is 32.1. The number of fused-ring (bicyclic) bond motifs is 1. The summed E-state index contributed by atoms with van der Waals surface area (Å²) < 4.78 is 0. The van der Waals surface area contributed by atoms with Crippen molar-refractivity contribution in [2.24, 2.45) is 5.92 Å². The molecule has 0 unspecified atom stereocenters. The summed E-state index contributed by atoms with van der Waals surface area (Å²) in [5, 5.41) is 3.34. The van der Waals surface area contributed by atoms with E-state index >= 15 is 0 Å². The van der Waals surface area contributed by atoms with Gasteiger partial charge in [0.2, 0.25) is 5.91 Å². The van der Waals surface area contributed by atoms with Gasteiger partial charge in [0, 0.05) is 43.0 Å². The summed E-state index contributed by atoms with van der Waals surface area (Å²) in [6.45, 7) is 3.89. The molecule has 0 atom stereocenters. The van der Waals surface area contributed by atoms with Crippen LogP contribution in [-0.2, 0) is 11.3 Å². The lowest BCUT2D eigenvalue weighted by Gasteiger charge is -2.37. The molecule has 1 aliphatic carbocycles. The Morgan fingerprint density at radius 2 is 1.78 bits per heavy atom. The predicted molar refractivity (Wildman–Crippen MR) is 131 cm³/mol. The molecule has 1 saturated heterocycles. The third-order valence-electron chi connectivity index (χ3n) is 6.60. The van der Waals surface area contributed by atoms with Gasteiger partial charge in [-0.2, -0.15) is 0 Å². The van der Waals surface area contributed by atoms with Crippen LogP contribution in [0.15, 0.2) is 35.7 Å². The van der Waals surface area contributed by atoms with Crippen molar-refractivity contribution in [3.8, 4) is 11.1 Å². The summed E-state index contributed by atoms with van der Waals surface area (Å²) in [7, 11) is 4.09. The number of aromatic nitrogens is 2. The van der Waals surface area contributed by atoms with Crippen molar-refractivity contribution >= 4 is 33.3 Å². The maximum Gasteiger partial charge on any atom is 0.225 e. The number of hydrogen-bond donors (Lipinski definition) is 0. The van der Waals surface area contributed by atoms with Crippen molar-refractivity contribution < 1.29 is 4.79 Å². The molecule has 1 saturated carbocycles. The van der Waals surface area contributed by atoms with E-state index in [-0.39, 0.29) is 5.92 Å². The van der Waals surface area contributed by atoms with Crippen LogP contribution in [0.3, 0.4) is 0 Å². The third kappa shape index (κ3) is 4.24. The molecule has 1 aliphatic heterocycles. The van der Waals surface area contributed by atoms with Crippen molar-refractivity contribution in [3.63, 3.8) is 0 Å². The van der Waals surface area contributed by atoms with E-state index in [1.54, 1.807) is 11.3 Å². The third-order valence-corrected chi connectivity index (χ3v) is 7.47. The number of hydrogen-bond acceptors (Lipinski definition) is 6. The molecule has 2 fully saturated rings. The summed E-state index contributed by atoms with van der Waals surface area (Å²) in [6, 6.07) is 10.5. The van der Waals surface area contributed by atoms with Gasteiger partial charge in [-0.15, -0.1) is 11.3 Å². The molecule has 2 aliphatic rings. The fraction of sp³-hybridized carbons (Fsp3) is 0.480. The Morgan fingerprint density at radius 1 is 1.06 bits per heavy atom. The van der Waals surface area contributed by atoms with E-state index in [4.69, 9.17) is 9.97 Å². The lowest BCUT2D eigenvalue weighted by Crippen LogP contribution is -2.50. The number of rotatable bonds is 5. The zero-order chi connectivity index (χ0) is 22.1. The largest absolute Gasteiger partial charge is 0.352 e. The van der Waals surface area contributed by atoms with E-state index in [1.165, 1.54) is 24.0 Å². The van der Waals surface area contributed by atoms with Crippen LogP contribution in [0.5, 0.6) is 0 Å². The van der Waals surface area contributed by atoms with Crippen LogP contribution >= 0.6 is 11.3 Å². The van der Waals surface area contributed by atoms with E-state index in [2.05, 4.69) is 44.3 Å². The van der Waals surface area contributed by atoms with E-state index in [1.807, 2.05) is 20.2 Å². The molecule has 0 bridgehead atoms. The summed E-state index contributed by atoms with van der Waals surface area (Å²) in [6.07, 6.45) is 4.53. The lowest BCUT2D eigenvalue weighted by molar-refractivity contribution is -0.135. The Bertz CT molecular complexity index is 1080. The van der Waals surface area contributed by atoms with Gasteiger partial charge in [0.1, 0.15) is 16.5 Å². The van der Waals surface area contributed by atoms with Crippen molar-refractivity contribution in [3.05, 3.63) is 41.5 Å². The Balaban J connectivity index is 1.46. The lowest BCUT2D eigenvalue weighted by atomic mass is 10.1. The molecule has 3 aromatic rings. The number of nitrogens with zero attached hydrogens (tertiary/aromatic N) is 5. The number of carbonyl (C=O) groups is 1. The summed E-state index contributed by atoms with van der Waals surface area (Å²) in [4.78, 5) is 30.4. The minimum absolute atomic E-state index is 0.251. The Morgan fingerprint density at radius 3 is 2.47 bits per heavy atom. The quantitative estimate of drug-likeness (QED) is 0.583. The zero-order valence-electron chi connectivity index (χ0n) is 19.0. The maximum absolute atomic E-state index is 12.9. The first-order valence-corrected chi connectivity index (χ1v) is 12.5. The highest BCUT2D eigenvalue weighted by molar-refractivity contribution is 7.17. The maximum atomic E-state index is 12.9. The molecule has 0 spiro atoms. The van der Waals surface area contributed by atoms with Gasteiger partial charge in [-0.05, 0) is 32.5 Å². The van der Waals surface area contributed by atoms with Gasteiger partial charge < -0.3 is 14.7 Å². The number of piperazine rings is 1. The fourth-order valence-corrected chi connectivity index (χ4v) is 5.91. The van der Waals surface area contributed by atoms with Gasteiger partial charge in [-0.25, -0.2) is 9.97 Å². The normalized spacial score (nSPS) is 17.6. The molecule has 32 heavy (non-hydrogen) atoms. The fourth-order valence-electron chi connectivity index (χ4n) is 4.95. The topological polar surface area (TPSA) is 52.6 Å². The molecule has 6 nitrogen and oxygen atoms in total. The van der Waals surface area contributed by atoms with Crippen LogP contribution in [0.25, 0.3) is 21.3 Å². The van der Waals surface area contributed by atoms with Crippen molar-refractivity contribution in [1.82, 2.24) is 19.8 Å². The molecule has 1 aromatic carbocycles. The average Bonchev–Trinajstić information content (AvgIpc) is 3.49. The van der Waals surface area contributed by atoms with Gasteiger partial charge in [0.15, 0.2) is 0 Å². The molecular formula is C25H31N5OS. The first kappa shape index (κ1) is 21.3. The number of benzene rings is 1. The average molecular weight is 450 g/mol. The minimum Gasteiger partial charge on any atom is -0.352 e. The van der Waals surface area contributed by atoms with Gasteiger partial charge in [-0.1, -0.05) is 43.2 Å². The van der Waals surface area contributed by atoms with E-state index < -0.39 is 0 Å². The number of anilines is 1. The van der Waals surface area contributed by atoms with E-state index in [0.29, 0.717) is 12.5 Å². The molecule has 5 rings (SSSR count). The SMILES string of the molecule is CN(C)Cc1nc(N2CCN(C(=O)C3CCCC3)CC2)c2c(-c3ccccc3)csc2n1. The van der Waals surface area contributed by atoms with Crippen molar-refractivity contribution in [1.29, 1.82) is 0 Å². The number of carbonyl (C=O) groups excluding carboxylic acids is 1. The summed E-state index contributed by atoms with van der Waals surface area (Å²) >= 11 is 1.69. The van der Waals surface area contributed by atoms with Gasteiger partial charge in [-0.3, -0.25) is 4.79 Å². The Kier molecular flexibility index (Phi) is 6.11.